The lowest BCUT2D eigenvalue weighted by molar-refractivity contribution is -0.145. The number of aromatic nitrogens is 1. The van der Waals surface area contributed by atoms with Gasteiger partial charge in [0.05, 0.1) is 12.3 Å². The van der Waals surface area contributed by atoms with Crippen molar-refractivity contribution >= 4 is 5.97 Å². The highest BCUT2D eigenvalue weighted by Crippen LogP contribution is 2.36. The Labute approximate surface area is 140 Å². The quantitative estimate of drug-likeness (QED) is 0.791. The number of benzene rings is 1. The van der Waals surface area contributed by atoms with Crippen molar-refractivity contribution in [1.82, 2.24) is 4.98 Å². The van der Waals surface area contributed by atoms with Crippen LogP contribution in [0.15, 0.2) is 30.3 Å². The highest BCUT2D eigenvalue weighted by atomic mass is 16.6. The van der Waals surface area contributed by atoms with Crippen molar-refractivity contribution in [2.75, 3.05) is 13.2 Å². The minimum absolute atomic E-state index is 0.213. The minimum Gasteiger partial charge on any atom is -0.465 e. The molecule has 0 atom stereocenters. The monoisotopic (exact) mass is 322 g/mol. The fourth-order valence-electron chi connectivity index (χ4n) is 3.02. The summed E-state index contributed by atoms with van der Waals surface area (Å²) >= 11 is 0. The van der Waals surface area contributed by atoms with E-state index in [1.807, 2.05) is 30.3 Å². The second-order valence-electron chi connectivity index (χ2n) is 5.52. The maximum atomic E-state index is 11.5. The highest BCUT2D eigenvalue weighted by molar-refractivity contribution is 5.72. The summed E-state index contributed by atoms with van der Waals surface area (Å²) in [5.41, 5.74) is 4.36. The zero-order valence-electron chi connectivity index (χ0n) is 13.5. The van der Waals surface area contributed by atoms with Crippen molar-refractivity contribution in [3.8, 4) is 23.2 Å². The first-order chi connectivity index (χ1) is 11.7. The zero-order chi connectivity index (χ0) is 16.9. The van der Waals surface area contributed by atoms with Gasteiger partial charge in [-0.05, 0) is 37.3 Å². The molecule has 1 heterocycles. The summed E-state index contributed by atoms with van der Waals surface area (Å²) in [5.74, 6) is -0.255. The van der Waals surface area contributed by atoms with Gasteiger partial charge >= 0.3 is 5.97 Å². The predicted octanol–water partition coefficient (Wildman–Crippen LogP) is 3.05. The number of hydrogen-bond acceptors (Lipinski definition) is 5. The van der Waals surface area contributed by atoms with E-state index in [-0.39, 0.29) is 12.5 Å². The van der Waals surface area contributed by atoms with E-state index >= 15 is 0 Å². The van der Waals surface area contributed by atoms with Crippen molar-refractivity contribution in [2.45, 2.75) is 26.2 Å². The van der Waals surface area contributed by atoms with Crippen LogP contribution in [-0.2, 0) is 22.4 Å². The molecule has 0 radical (unpaired) electrons. The van der Waals surface area contributed by atoms with Crippen molar-refractivity contribution in [1.29, 1.82) is 5.26 Å². The number of rotatable bonds is 5. The van der Waals surface area contributed by atoms with Crippen LogP contribution in [0.5, 0.6) is 5.88 Å². The van der Waals surface area contributed by atoms with Gasteiger partial charge in [0.25, 0.3) is 0 Å². The second-order valence-corrected chi connectivity index (χ2v) is 5.52. The molecule has 0 N–H and O–H groups in total. The Kier molecular flexibility index (Phi) is 4.76. The molecule has 1 aromatic heterocycles. The highest BCUT2D eigenvalue weighted by Gasteiger charge is 2.25. The number of nitriles is 1. The molecule has 0 unspecified atom stereocenters. The van der Waals surface area contributed by atoms with Crippen LogP contribution in [0, 0.1) is 11.3 Å². The molecular formula is C19H18N2O3. The first kappa shape index (κ1) is 16.0. The number of fused-ring (bicyclic) bond motifs is 1. The molecule has 1 aliphatic rings. The van der Waals surface area contributed by atoms with Gasteiger partial charge in [0.15, 0.2) is 6.61 Å². The van der Waals surface area contributed by atoms with Crippen molar-refractivity contribution in [2.24, 2.45) is 0 Å². The van der Waals surface area contributed by atoms with E-state index in [0.29, 0.717) is 12.2 Å². The van der Waals surface area contributed by atoms with Gasteiger partial charge in [-0.15, -0.1) is 0 Å². The van der Waals surface area contributed by atoms with Crippen LogP contribution in [0.1, 0.15) is 30.0 Å². The average molecular weight is 322 g/mol. The van der Waals surface area contributed by atoms with Crippen LogP contribution in [-0.4, -0.2) is 24.2 Å². The maximum Gasteiger partial charge on any atom is 0.344 e. The molecule has 1 aliphatic carbocycles. The third-order valence-corrected chi connectivity index (χ3v) is 4.02. The second kappa shape index (κ2) is 7.14. The molecule has 5 heteroatoms. The van der Waals surface area contributed by atoms with Crippen LogP contribution in [0.4, 0.5) is 0 Å². The zero-order valence-corrected chi connectivity index (χ0v) is 13.5. The Balaban J connectivity index is 2.02. The summed E-state index contributed by atoms with van der Waals surface area (Å²) in [4.78, 5) is 16.1. The number of ether oxygens (including phenoxy) is 2. The van der Waals surface area contributed by atoms with E-state index in [0.717, 1.165) is 41.6 Å². The smallest absolute Gasteiger partial charge is 0.344 e. The van der Waals surface area contributed by atoms with Crippen molar-refractivity contribution in [3.05, 3.63) is 47.0 Å². The standard InChI is InChI=1S/C19H18N2O3/c1-2-23-17(22)12-24-19-16(11-20)14-9-6-10-15(14)18(21-19)13-7-4-3-5-8-13/h3-5,7-8H,2,6,9-10,12H2,1H3. The van der Waals surface area contributed by atoms with E-state index in [2.05, 4.69) is 11.1 Å². The van der Waals surface area contributed by atoms with E-state index in [9.17, 15) is 10.1 Å². The maximum absolute atomic E-state index is 11.5. The SMILES string of the molecule is CCOC(=O)COc1nc(-c2ccccc2)c2c(c1C#N)CCC2. The van der Waals surface area contributed by atoms with E-state index in [4.69, 9.17) is 9.47 Å². The summed E-state index contributed by atoms with van der Waals surface area (Å²) in [6, 6.07) is 12.0. The normalized spacial score (nSPS) is 12.3. The third kappa shape index (κ3) is 3.09. The Morgan fingerprint density at radius 3 is 2.71 bits per heavy atom. The molecule has 5 nitrogen and oxygen atoms in total. The van der Waals surface area contributed by atoms with Gasteiger partial charge in [-0.3, -0.25) is 0 Å². The average Bonchev–Trinajstić information content (AvgIpc) is 3.09. The first-order valence-corrected chi connectivity index (χ1v) is 8.04. The molecule has 0 bridgehead atoms. The summed E-state index contributed by atoms with van der Waals surface area (Å²) < 4.78 is 10.4. The Bertz CT molecular complexity index is 794. The van der Waals surface area contributed by atoms with Crippen molar-refractivity contribution in [3.63, 3.8) is 0 Å². The Morgan fingerprint density at radius 1 is 1.25 bits per heavy atom. The molecule has 0 saturated carbocycles. The fraction of sp³-hybridized carbons (Fsp3) is 0.316. The minimum atomic E-state index is -0.468. The molecule has 24 heavy (non-hydrogen) atoms. The number of pyridine rings is 1. The lowest BCUT2D eigenvalue weighted by atomic mass is 9.99. The van der Waals surface area contributed by atoms with E-state index < -0.39 is 5.97 Å². The van der Waals surface area contributed by atoms with Gasteiger partial charge in [0.1, 0.15) is 11.6 Å². The summed E-state index contributed by atoms with van der Waals surface area (Å²) in [6.07, 6.45) is 2.72. The topological polar surface area (TPSA) is 72.2 Å². The number of nitrogens with zero attached hydrogens (tertiary/aromatic N) is 2. The van der Waals surface area contributed by atoms with Gasteiger partial charge in [0, 0.05) is 5.56 Å². The van der Waals surface area contributed by atoms with Gasteiger partial charge < -0.3 is 9.47 Å². The number of carbonyl (C=O) groups excluding carboxylic acids is 1. The number of esters is 1. The van der Waals surface area contributed by atoms with Crippen LogP contribution in [0.2, 0.25) is 0 Å². The summed E-state index contributed by atoms with van der Waals surface area (Å²) in [5, 5.41) is 9.53. The molecule has 0 amide bonds. The lowest BCUT2D eigenvalue weighted by Gasteiger charge is -2.14. The van der Waals surface area contributed by atoms with Crippen LogP contribution >= 0.6 is 0 Å². The third-order valence-electron chi connectivity index (χ3n) is 4.02. The van der Waals surface area contributed by atoms with Gasteiger partial charge in [-0.2, -0.15) is 5.26 Å². The van der Waals surface area contributed by atoms with Gasteiger partial charge in [-0.1, -0.05) is 30.3 Å². The van der Waals surface area contributed by atoms with Crippen LogP contribution < -0.4 is 4.74 Å². The number of hydrogen-bond donors (Lipinski definition) is 0. The summed E-state index contributed by atoms with van der Waals surface area (Å²) in [7, 11) is 0. The largest absolute Gasteiger partial charge is 0.465 e. The molecule has 3 rings (SSSR count). The molecule has 0 fully saturated rings. The molecule has 2 aromatic rings. The van der Waals surface area contributed by atoms with Gasteiger partial charge in [-0.25, -0.2) is 9.78 Å². The Hall–Kier alpha value is -2.87. The van der Waals surface area contributed by atoms with E-state index in [1.54, 1.807) is 6.92 Å². The van der Waals surface area contributed by atoms with Crippen LogP contribution in [0.25, 0.3) is 11.3 Å². The fourth-order valence-corrected chi connectivity index (χ4v) is 3.02. The number of carbonyl (C=O) groups is 1. The Morgan fingerprint density at radius 2 is 2.00 bits per heavy atom. The molecule has 122 valence electrons. The lowest BCUT2D eigenvalue weighted by Crippen LogP contribution is -2.16. The van der Waals surface area contributed by atoms with E-state index in [1.165, 1.54) is 0 Å². The molecular weight excluding hydrogens is 304 g/mol. The summed E-state index contributed by atoms with van der Waals surface area (Å²) in [6.45, 7) is 1.78. The molecule has 0 spiro atoms. The van der Waals surface area contributed by atoms with Crippen molar-refractivity contribution < 1.29 is 14.3 Å². The molecule has 0 aliphatic heterocycles. The molecule has 1 aromatic carbocycles. The van der Waals surface area contributed by atoms with Crippen LogP contribution in [0.3, 0.4) is 0 Å². The van der Waals surface area contributed by atoms with Gasteiger partial charge in [0.2, 0.25) is 5.88 Å². The molecule has 0 saturated heterocycles. The predicted molar refractivity (Wildman–Crippen MR) is 88.5 cm³/mol. The first-order valence-electron chi connectivity index (χ1n) is 8.04.